The van der Waals surface area contributed by atoms with E-state index in [1.807, 2.05) is 46.7 Å². The predicted octanol–water partition coefficient (Wildman–Crippen LogP) is 4.89. The first-order valence-electron chi connectivity index (χ1n) is 11.2. The number of benzene rings is 2. The lowest BCUT2D eigenvalue weighted by molar-refractivity contribution is -0.135. The highest BCUT2D eigenvalue weighted by molar-refractivity contribution is 6.31. The van der Waals surface area contributed by atoms with E-state index in [1.165, 1.54) is 0 Å². The minimum Gasteiger partial charge on any atom is -0.355 e. The highest BCUT2D eigenvalue weighted by Crippen LogP contribution is 2.36. The fraction of sp³-hybridized carbons (Fsp3) is 0.308. The van der Waals surface area contributed by atoms with E-state index < -0.39 is 0 Å². The SMILES string of the molecule is CC(C(=O)N1C[C@@H]2C[C@@H](C1)c1cccc(=O)n1C2)c1ccc2c(c1)[nH]c1ccc(Cl)cc12. The van der Waals surface area contributed by atoms with E-state index in [-0.39, 0.29) is 23.3 Å². The molecule has 4 aromatic rings. The Labute approximate surface area is 190 Å². The van der Waals surface area contributed by atoms with Gasteiger partial charge in [-0.3, -0.25) is 9.59 Å². The molecule has 2 aliphatic rings. The molecule has 1 amide bonds. The van der Waals surface area contributed by atoms with Gasteiger partial charge in [-0.2, -0.15) is 0 Å². The maximum absolute atomic E-state index is 13.5. The third kappa shape index (κ3) is 3.06. The number of nitrogens with one attached hydrogen (secondary N) is 1. The van der Waals surface area contributed by atoms with Crippen molar-refractivity contribution in [3.63, 3.8) is 0 Å². The van der Waals surface area contributed by atoms with Crippen LogP contribution in [0.4, 0.5) is 0 Å². The first kappa shape index (κ1) is 19.6. The van der Waals surface area contributed by atoms with Crippen molar-refractivity contribution in [3.8, 4) is 0 Å². The molecule has 0 aliphatic carbocycles. The summed E-state index contributed by atoms with van der Waals surface area (Å²) < 4.78 is 1.90. The van der Waals surface area contributed by atoms with Crippen molar-refractivity contribution in [2.45, 2.75) is 31.7 Å². The monoisotopic (exact) mass is 445 g/mol. The smallest absolute Gasteiger partial charge is 0.250 e. The minimum absolute atomic E-state index is 0.0678. The number of pyridine rings is 1. The molecule has 2 aromatic heterocycles. The molecule has 5 nitrogen and oxygen atoms in total. The number of likely N-dealkylation sites (tertiary alicyclic amines) is 1. The van der Waals surface area contributed by atoms with Crippen LogP contribution < -0.4 is 5.56 Å². The third-order valence-corrected chi connectivity index (χ3v) is 7.48. The summed E-state index contributed by atoms with van der Waals surface area (Å²) in [6.07, 6.45) is 1.05. The van der Waals surface area contributed by atoms with Gasteiger partial charge in [-0.05, 0) is 55.2 Å². The second-order valence-electron chi connectivity index (χ2n) is 9.28. The van der Waals surface area contributed by atoms with Crippen LogP contribution in [0, 0.1) is 5.92 Å². The third-order valence-electron chi connectivity index (χ3n) is 7.25. The molecule has 1 fully saturated rings. The fourth-order valence-electron chi connectivity index (χ4n) is 5.66. The highest BCUT2D eigenvalue weighted by Gasteiger charge is 2.37. The molecule has 2 aliphatic heterocycles. The summed E-state index contributed by atoms with van der Waals surface area (Å²) in [6, 6.07) is 17.6. The number of hydrogen-bond acceptors (Lipinski definition) is 2. The van der Waals surface area contributed by atoms with Crippen LogP contribution >= 0.6 is 11.6 Å². The van der Waals surface area contributed by atoms with E-state index in [0.29, 0.717) is 30.6 Å². The van der Waals surface area contributed by atoms with Gasteiger partial charge in [0.2, 0.25) is 5.91 Å². The molecule has 0 spiro atoms. The van der Waals surface area contributed by atoms with Crippen LogP contribution in [0.5, 0.6) is 0 Å². The average molecular weight is 446 g/mol. The van der Waals surface area contributed by atoms with Crippen LogP contribution in [0.3, 0.4) is 0 Å². The van der Waals surface area contributed by atoms with E-state index in [2.05, 4.69) is 23.2 Å². The summed E-state index contributed by atoms with van der Waals surface area (Å²) in [7, 11) is 0. The molecule has 1 saturated heterocycles. The Bertz CT molecular complexity index is 1440. The molecule has 6 rings (SSSR count). The summed E-state index contributed by atoms with van der Waals surface area (Å²) in [4.78, 5) is 31.2. The predicted molar refractivity (Wildman–Crippen MR) is 127 cm³/mol. The molecule has 1 unspecified atom stereocenters. The zero-order chi connectivity index (χ0) is 22.0. The van der Waals surface area contributed by atoms with Gasteiger partial charge in [0.15, 0.2) is 0 Å². The second kappa shape index (κ2) is 7.24. The molecule has 2 aromatic carbocycles. The lowest BCUT2D eigenvalue weighted by Crippen LogP contribution is -2.50. The average Bonchev–Trinajstić information content (AvgIpc) is 3.15. The standard InChI is InChI=1S/C26H24ClN3O2/c1-15(17-5-7-20-21-11-19(27)6-8-22(21)28-23(20)10-17)26(32)29-12-16-9-18(14-29)24-3-2-4-25(31)30(24)13-16/h2-8,10-11,15-16,18,28H,9,12-14H2,1H3/t15?,16-,18-/m0/s1. The van der Waals surface area contributed by atoms with Crippen LogP contribution in [-0.2, 0) is 11.3 Å². The summed E-state index contributed by atoms with van der Waals surface area (Å²) in [6.45, 7) is 4.09. The van der Waals surface area contributed by atoms with Gasteiger partial charge in [0, 0.05) is 64.1 Å². The Morgan fingerprint density at radius 2 is 1.91 bits per heavy atom. The summed E-state index contributed by atoms with van der Waals surface area (Å²) in [5.41, 5.74) is 4.20. The van der Waals surface area contributed by atoms with Gasteiger partial charge in [-0.15, -0.1) is 0 Å². The van der Waals surface area contributed by atoms with Crippen molar-refractivity contribution in [3.05, 3.63) is 81.2 Å². The first-order valence-corrected chi connectivity index (χ1v) is 11.5. The van der Waals surface area contributed by atoms with Crippen molar-refractivity contribution in [2.24, 2.45) is 5.92 Å². The van der Waals surface area contributed by atoms with E-state index in [9.17, 15) is 9.59 Å². The number of halogens is 1. The molecule has 6 heteroatoms. The number of piperidine rings is 1. The van der Waals surface area contributed by atoms with E-state index in [0.717, 1.165) is 39.5 Å². The summed E-state index contributed by atoms with van der Waals surface area (Å²) >= 11 is 6.18. The number of carbonyl (C=O) groups excluding carboxylic acids is 1. The maximum Gasteiger partial charge on any atom is 0.250 e. The Hall–Kier alpha value is -3.05. The number of fused-ring (bicyclic) bond motifs is 7. The van der Waals surface area contributed by atoms with Crippen molar-refractivity contribution in [1.29, 1.82) is 0 Å². The molecule has 1 N–H and O–H groups in total. The zero-order valence-corrected chi connectivity index (χ0v) is 18.6. The van der Waals surface area contributed by atoms with Gasteiger partial charge in [-0.1, -0.05) is 29.8 Å². The topological polar surface area (TPSA) is 58.1 Å². The molecule has 32 heavy (non-hydrogen) atoms. The number of nitrogens with zero attached hydrogens (tertiary/aromatic N) is 2. The second-order valence-corrected chi connectivity index (χ2v) is 9.72. The number of rotatable bonds is 2. The number of aromatic amines is 1. The quantitative estimate of drug-likeness (QED) is 0.477. The number of hydrogen-bond donors (Lipinski definition) is 1. The Morgan fingerprint density at radius 3 is 2.78 bits per heavy atom. The van der Waals surface area contributed by atoms with Crippen molar-refractivity contribution < 1.29 is 4.79 Å². The normalized spacial score (nSPS) is 21.0. The van der Waals surface area contributed by atoms with Gasteiger partial charge in [0.25, 0.3) is 5.56 Å². The van der Waals surface area contributed by atoms with Crippen LogP contribution in [0.2, 0.25) is 5.02 Å². The molecule has 0 radical (unpaired) electrons. The Kier molecular flexibility index (Phi) is 4.44. The van der Waals surface area contributed by atoms with Gasteiger partial charge >= 0.3 is 0 Å². The van der Waals surface area contributed by atoms with Crippen molar-refractivity contribution in [1.82, 2.24) is 14.5 Å². The highest BCUT2D eigenvalue weighted by atomic mass is 35.5. The van der Waals surface area contributed by atoms with E-state index in [4.69, 9.17) is 11.6 Å². The minimum atomic E-state index is -0.230. The number of aromatic nitrogens is 2. The molecule has 2 bridgehead atoms. The van der Waals surface area contributed by atoms with E-state index in [1.54, 1.807) is 6.07 Å². The van der Waals surface area contributed by atoms with Gasteiger partial charge < -0.3 is 14.5 Å². The Balaban J connectivity index is 1.29. The fourth-order valence-corrected chi connectivity index (χ4v) is 5.83. The first-order chi connectivity index (χ1) is 15.5. The molecule has 4 heterocycles. The summed E-state index contributed by atoms with van der Waals surface area (Å²) in [5.74, 6) is 0.489. The largest absolute Gasteiger partial charge is 0.355 e. The zero-order valence-electron chi connectivity index (χ0n) is 17.8. The van der Waals surface area contributed by atoms with Gasteiger partial charge in [-0.25, -0.2) is 0 Å². The van der Waals surface area contributed by atoms with Crippen LogP contribution in [0.1, 0.15) is 36.4 Å². The number of amides is 1. The van der Waals surface area contributed by atoms with Crippen LogP contribution in [0.25, 0.3) is 21.8 Å². The number of H-pyrrole nitrogens is 1. The molecule has 162 valence electrons. The van der Waals surface area contributed by atoms with Gasteiger partial charge in [0.05, 0.1) is 5.92 Å². The van der Waals surface area contributed by atoms with Crippen LogP contribution in [-0.4, -0.2) is 33.4 Å². The molecular weight excluding hydrogens is 422 g/mol. The Morgan fingerprint density at radius 1 is 1.03 bits per heavy atom. The maximum atomic E-state index is 13.5. The molecular formula is C26H24ClN3O2. The van der Waals surface area contributed by atoms with Crippen molar-refractivity contribution in [2.75, 3.05) is 13.1 Å². The van der Waals surface area contributed by atoms with Gasteiger partial charge in [0.1, 0.15) is 0 Å². The van der Waals surface area contributed by atoms with Crippen LogP contribution in [0.15, 0.2) is 59.4 Å². The van der Waals surface area contributed by atoms with Crippen molar-refractivity contribution >= 4 is 39.3 Å². The summed E-state index contributed by atoms with van der Waals surface area (Å²) in [5, 5.41) is 2.92. The lowest BCUT2D eigenvalue weighted by atomic mass is 9.82. The van der Waals surface area contributed by atoms with E-state index >= 15 is 0 Å². The number of carbonyl (C=O) groups is 1. The molecule has 3 atom stereocenters. The molecule has 0 saturated carbocycles. The lowest BCUT2D eigenvalue weighted by Gasteiger charge is -2.43.